The van der Waals surface area contributed by atoms with E-state index >= 15 is 0 Å². The van der Waals surface area contributed by atoms with Crippen molar-refractivity contribution in [2.24, 2.45) is 0 Å². The lowest BCUT2D eigenvalue weighted by molar-refractivity contribution is 0.0784. The van der Waals surface area contributed by atoms with Crippen LogP contribution in [0.5, 0.6) is 0 Å². The van der Waals surface area contributed by atoms with Gasteiger partial charge in [-0.3, -0.25) is 4.79 Å². The number of benzene rings is 2. The van der Waals surface area contributed by atoms with Gasteiger partial charge in [0, 0.05) is 24.1 Å². The second kappa shape index (κ2) is 6.14. The van der Waals surface area contributed by atoms with E-state index in [2.05, 4.69) is 31.7 Å². The van der Waals surface area contributed by atoms with Crippen LogP contribution >= 0.6 is 12.6 Å². The number of hydrogen-bond donors (Lipinski definition) is 1. The van der Waals surface area contributed by atoms with Crippen LogP contribution in [0.1, 0.15) is 27.0 Å². The summed E-state index contributed by atoms with van der Waals surface area (Å²) in [7, 11) is 1.83. The van der Waals surface area contributed by atoms with Crippen LogP contribution in [0.3, 0.4) is 0 Å². The second-order valence-corrected chi connectivity index (χ2v) is 5.67. The predicted molar refractivity (Wildman–Crippen MR) is 85.4 cm³/mol. The van der Waals surface area contributed by atoms with Crippen LogP contribution in [0.2, 0.25) is 0 Å². The zero-order chi connectivity index (χ0) is 14.7. The monoisotopic (exact) mass is 285 g/mol. The Labute approximate surface area is 125 Å². The highest BCUT2D eigenvalue weighted by molar-refractivity contribution is 7.80. The van der Waals surface area contributed by atoms with Gasteiger partial charge in [-0.25, -0.2) is 0 Å². The molecule has 0 radical (unpaired) electrons. The maximum absolute atomic E-state index is 12.5. The molecule has 2 aromatic rings. The quantitative estimate of drug-likeness (QED) is 0.849. The van der Waals surface area contributed by atoms with E-state index in [1.54, 1.807) is 4.90 Å². The fourth-order valence-corrected chi connectivity index (χ4v) is 2.41. The summed E-state index contributed by atoms with van der Waals surface area (Å²) in [4.78, 5) is 15.0. The van der Waals surface area contributed by atoms with Crippen molar-refractivity contribution in [1.29, 1.82) is 0 Å². The Morgan fingerprint density at radius 2 is 1.90 bits per heavy atom. The van der Waals surface area contributed by atoms with Gasteiger partial charge in [0.25, 0.3) is 5.91 Å². The van der Waals surface area contributed by atoms with E-state index in [1.165, 1.54) is 5.56 Å². The number of nitrogens with zero attached hydrogens (tertiary/aromatic N) is 1. The molecule has 0 aliphatic carbocycles. The van der Waals surface area contributed by atoms with Crippen LogP contribution in [0.4, 0.5) is 0 Å². The van der Waals surface area contributed by atoms with E-state index in [1.807, 2.05) is 44.3 Å². The summed E-state index contributed by atoms with van der Waals surface area (Å²) in [5, 5.41) is 0. The number of thiol groups is 1. The molecule has 0 aromatic heterocycles. The highest BCUT2D eigenvalue weighted by atomic mass is 32.1. The lowest BCUT2D eigenvalue weighted by atomic mass is 10.1. The number of hydrogen-bond acceptors (Lipinski definition) is 2. The lowest BCUT2D eigenvalue weighted by Gasteiger charge is -2.19. The molecule has 0 unspecified atom stereocenters. The third-order valence-electron chi connectivity index (χ3n) is 3.30. The summed E-state index contributed by atoms with van der Waals surface area (Å²) >= 11 is 4.31. The minimum Gasteiger partial charge on any atom is -0.337 e. The largest absolute Gasteiger partial charge is 0.337 e. The van der Waals surface area contributed by atoms with Crippen LogP contribution in [-0.4, -0.2) is 17.9 Å². The number of aryl methyl sites for hydroxylation is 2. The maximum atomic E-state index is 12.5. The van der Waals surface area contributed by atoms with E-state index in [-0.39, 0.29) is 5.91 Å². The first kappa shape index (κ1) is 14.7. The van der Waals surface area contributed by atoms with Gasteiger partial charge in [0.2, 0.25) is 0 Å². The molecule has 0 aliphatic heterocycles. The summed E-state index contributed by atoms with van der Waals surface area (Å²) in [6, 6.07) is 13.9. The molecule has 20 heavy (non-hydrogen) atoms. The molecule has 0 heterocycles. The Bertz CT molecular complexity index is 637. The van der Waals surface area contributed by atoms with E-state index in [0.29, 0.717) is 12.1 Å². The fourth-order valence-electron chi connectivity index (χ4n) is 2.20. The summed E-state index contributed by atoms with van der Waals surface area (Å²) in [6.07, 6.45) is 0. The molecule has 2 nitrogen and oxygen atoms in total. The van der Waals surface area contributed by atoms with Gasteiger partial charge in [-0.15, -0.1) is 12.6 Å². The molecule has 0 saturated carbocycles. The van der Waals surface area contributed by atoms with Gasteiger partial charge >= 0.3 is 0 Å². The Morgan fingerprint density at radius 3 is 2.60 bits per heavy atom. The molecular weight excluding hydrogens is 266 g/mol. The Hall–Kier alpha value is -1.74. The SMILES string of the molecule is Cc1cccc(CN(C)C(=O)c2cc(S)ccc2C)c1. The normalized spacial score (nSPS) is 10.4. The minimum atomic E-state index is 0.0277. The van der Waals surface area contributed by atoms with Crippen molar-refractivity contribution in [3.05, 3.63) is 64.7 Å². The summed E-state index contributed by atoms with van der Waals surface area (Å²) in [6.45, 7) is 4.61. The third kappa shape index (κ3) is 3.42. The Kier molecular flexibility index (Phi) is 4.50. The molecule has 0 spiro atoms. The van der Waals surface area contributed by atoms with Gasteiger partial charge in [-0.1, -0.05) is 35.9 Å². The topological polar surface area (TPSA) is 20.3 Å². The van der Waals surface area contributed by atoms with Crippen LogP contribution < -0.4 is 0 Å². The molecule has 0 bridgehead atoms. The molecular formula is C17H19NOS. The van der Waals surface area contributed by atoms with Crippen LogP contribution in [0, 0.1) is 13.8 Å². The first-order valence-electron chi connectivity index (χ1n) is 6.58. The molecule has 104 valence electrons. The van der Waals surface area contributed by atoms with Crippen molar-refractivity contribution in [3.63, 3.8) is 0 Å². The fraction of sp³-hybridized carbons (Fsp3) is 0.235. The molecule has 3 heteroatoms. The van der Waals surface area contributed by atoms with Gasteiger partial charge in [-0.05, 0) is 37.1 Å². The van der Waals surface area contributed by atoms with E-state index in [4.69, 9.17) is 0 Å². The molecule has 0 fully saturated rings. The molecule has 2 aromatic carbocycles. The van der Waals surface area contributed by atoms with Crippen LogP contribution in [0.15, 0.2) is 47.4 Å². The number of carbonyl (C=O) groups is 1. The number of amides is 1. The van der Waals surface area contributed by atoms with Gasteiger partial charge in [0.15, 0.2) is 0 Å². The molecule has 1 amide bonds. The van der Waals surface area contributed by atoms with Crippen molar-refractivity contribution >= 4 is 18.5 Å². The molecule has 0 aliphatic rings. The van der Waals surface area contributed by atoms with Gasteiger partial charge < -0.3 is 4.90 Å². The molecule has 0 atom stereocenters. The van der Waals surface area contributed by atoms with E-state index in [0.717, 1.165) is 16.0 Å². The molecule has 2 rings (SSSR count). The number of rotatable bonds is 3. The second-order valence-electron chi connectivity index (χ2n) is 5.15. The van der Waals surface area contributed by atoms with E-state index in [9.17, 15) is 4.79 Å². The molecule has 0 N–H and O–H groups in total. The highest BCUT2D eigenvalue weighted by Gasteiger charge is 2.14. The zero-order valence-electron chi connectivity index (χ0n) is 12.1. The van der Waals surface area contributed by atoms with Gasteiger partial charge in [-0.2, -0.15) is 0 Å². The predicted octanol–water partition coefficient (Wildman–Crippen LogP) is 3.86. The lowest BCUT2D eigenvalue weighted by Crippen LogP contribution is -2.26. The first-order chi connectivity index (χ1) is 9.47. The van der Waals surface area contributed by atoms with E-state index < -0.39 is 0 Å². The standard InChI is InChI=1S/C17H19NOS/c1-12-5-4-6-14(9-12)11-18(3)17(19)16-10-15(20)8-7-13(16)2/h4-10,20H,11H2,1-3H3. The highest BCUT2D eigenvalue weighted by Crippen LogP contribution is 2.17. The van der Waals surface area contributed by atoms with Crippen molar-refractivity contribution in [1.82, 2.24) is 4.90 Å². The molecule has 0 saturated heterocycles. The van der Waals surface area contributed by atoms with Crippen LogP contribution in [-0.2, 0) is 6.54 Å². The van der Waals surface area contributed by atoms with Crippen molar-refractivity contribution in [2.75, 3.05) is 7.05 Å². The summed E-state index contributed by atoms with van der Waals surface area (Å²) in [5.41, 5.74) is 4.04. The van der Waals surface area contributed by atoms with Crippen molar-refractivity contribution in [2.45, 2.75) is 25.3 Å². The number of carbonyl (C=O) groups excluding carboxylic acids is 1. The van der Waals surface area contributed by atoms with Crippen LogP contribution in [0.25, 0.3) is 0 Å². The Morgan fingerprint density at radius 1 is 1.15 bits per heavy atom. The maximum Gasteiger partial charge on any atom is 0.254 e. The Balaban J connectivity index is 2.18. The average Bonchev–Trinajstić information content (AvgIpc) is 2.40. The smallest absolute Gasteiger partial charge is 0.254 e. The average molecular weight is 285 g/mol. The third-order valence-corrected chi connectivity index (χ3v) is 3.58. The van der Waals surface area contributed by atoms with Gasteiger partial charge in [0.05, 0.1) is 0 Å². The van der Waals surface area contributed by atoms with Gasteiger partial charge in [0.1, 0.15) is 0 Å². The minimum absolute atomic E-state index is 0.0277. The van der Waals surface area contributed by atoms with Crippen molar-refractivity contribution < 1.29 is 4.79 Å². The zero-order valence-corrected chi connectivity index (χ0v) is 12.9. The summed E-state index contributed by atoms with van der Waals surface area (Å²) < 4.78 is 0. The first-order valence-corrected chi connectivity index (χ1v) is 7.02. The van der Waals surface area contributed by atoms with Crippen molar-refractivity contribution in [3.8, 4) is 0 Å². The summed E-state index contributed by atoms with van der Waals surface area (Å²) in [5.74, 6) is 0.0277.